The molecule has 1 aliphatic heterocycles. The van der Waals surface area contributed by atoms with Gasteiger partial charge >= 0.3 is 0 Å². The maximum Gasteiger partial charge on any atom is 0.186 e. The highest BCUT2D eigenvalue weighted by Gasteiger charge is 2.46. The zero-order valence-electron chi connectivity index (χ0n) is 18.1. The van der Waals surface area contributed by atoms with Gasteiger partial charge in [0.05, 0.1) is 6.61 Å². The summed E-state index contributed by atoms with van der Waals surface area (Å²) >= 11 is 0. The second-order valence-corrected chi connectivity index (χ2v) is 8.30. The highest BCUT2D eigenvalue weighted by molar-refractivity contribution is 4.92. The van der Waals surface area contributed by atoms with Gasteiger partial charge < -0.3 is 35.0 Å². The van der Waals surface area contributed by atoms with Gasteiger partial charge in [-0.05, 0) is 6.42 Å². The van der Waals surface area contributed by atoms with Crippen molar-refractivity contribution < 1.29 is 35.0 Å². The van der Waals surface area contributed by atoms with Crippen molar-refractivity contribution in [3.05, 3.63) is 0 Å². The van der Waals surface area contributed by atoms with E-state index in [9.17, 15) is 20.4 Å². The lowest BCUT2D eigenvalue weighted by Gasteiger charge is -2.41. The highest BCUT2D eigenvalue weighted by Crippen LogP contribution is 2.24. The summed E-state index contributed by atoms with van der Waals surface area (Å²) in [5, 5.41) is 48.4. The Hall–Kier alpha value is -0.280. The third kappa shape index (κ3) is 10.5. The molecule has 1 saturated heterocycles. The van der Waals surface area contributed by atoms with Gasteiger partial charge in [0, 0.05) is 6.61 Å². The SMILES string of the molecule is CCCCCCCCCCCCCCCOC1O[C@H]([C@@H](O)CO)[C@@H](O)[C@H](O)[C@H]1O. The van der Waals surface area contributed by atoms with Gasteiger partial charge in [-0.1, -0.05) is 84.0 Å². The molecule has 1 unspecified atom stereocenters. The fraction of sp³-hybridized carbons (Fsp3) is 1.00. The van der Waals surface area contributed by atoms with Crippen LogP contribution in [-0.2, 0) is 9.47 Å². The molecular weight excluding hydrogens is 376 g/mol. The average molecular weight is 421 g/mol. The number of hydrogen-bond acceptors (Lipinski definition) is 7. The van der Waals surface area contributed by atoms with Crippen LogP contribution >= 0.6 is 0 Å². The average Bonchev–Trinajstić information content (AvgIpc) is 2.73. The molecule has 0 saturated carbocycles. The first-order valence-electron chi connectivity index (χ1n) is 11.6. The van der Waals surface area contributed by atoms with Crippen LogP contribution in [0, 0.1) is 0 Å². The van der Waals surface area contributed by atoms with E-state index in [1.165, 1.54) is 64.2 Å². The van der Waals surface area contributed by atoms with Crippen LogP contribution in [0.2, 0.25) is 0 Å². The van der Waals surface area contributed by atoms with Crippen molar-refractivity contribution in [2.24, 2.45) is 0 Å². The summed E-state index contributed by atoms with van der Waals surface area (Å²) in [5.41, 5.74) is 0. The Kier molecular flexibility index (Phi) is 15.1. The highest BCUT2D eigenvalue weighted by atomic mass is 16.7. The van der Waals surface area contributed by atoms with E-state index in [4.69, 9.17) is 14.6 Å². The molecule has 0 amide bonds. The minimum absolute atomic E-state index is 0.365. The van der Waals surface area contributed by atoms with E-state index in [2.05, 4.69) is 6.92 Å². The molecule has 29 heavy (non-hydrogen) atoms. The quantitative estimate of drug-likeness (QED) is 0.229. The molecule has 0 aromatic rings. The summed E-state index contributed by atoms with van der Waals surface area (Å²) in [6.45, 7) is 2.00. The van der Waals surface area contributed by atoms with Gasteiger partial charge in [-0.25, -0.2) is 0 Å². The Morgan fingerprint density at radius 3 is 1.69 bits per heavy atom. The number of unbranched alkanes of at least 4 members (excludes halogenated alkanes) is 12. The van der Waals surface area contributed by atoms with Crippen molar-refractivity contribution in [1.29, 1.82) is 0 Å². The van der Waals surface area contributed by atoms with E-state index in [1.54, 1.807) is 0 Å². The largest absolute Gasteiger partial charge is 0.394 e. The number of rotatable bonds is 17. The van der Waals surface area contributed by atoms with Crippen molar-refractivity contribution in [2.75, 3.05) is 13.2 Å². The van der Waals surface area contributed by atoms with Crippen molar-refractivity contribution in [1.82, 2.24) is 0 Å². The Morgan fingerprint density at radius 2 is 1.21 bits per heavy atom. The second-order valence-electron chi connectivity index (χ2n) is 8.30. The molecule has 1 aliphatic rings. The zero-order chi connectivity index (χ0) is 21.5. The Morgan fingerprint density at radius 1 is 0.724 bits per heavy atom. The summed E-state index contributed by atoms with van der Waals surface area (Å²) in [5.74, 6) is 0. The molecule has 1 rings (SSSR count). The Balaban J connectivity index is 2.02. The topological polar surface area (TPSA) is 120 Å². The Labute approximate surface area is 176 Å². The monoisotopic (exact) mass is 420 g/mol. The number of aliphatic hydroxyl groups excluding tert-OH is 5. The van der Waals surface area contributed by atoms with Crippen molar-refractivity contribution in [3.63, 3.8) is 0 Å². The van der Waals surface area contributed by atoms with Crippen LogP contribution < -0.4 is 0 Å². The molecule has 1 heterocycles. The van der Waals surface area contributed by atoms with Gasteiger partial charge in [0.25, 0.3) is 0 Å². The molecule has 5 N–H and O–H groups in total. The van der Waals surface area contributed by atoms with Gasteiger partial charge in [-0.15, -0.1) is 0 Å². The summed E-state index contributed by atoms with van der Waals surface area (Å²) in [6, 6.07) is 0. The first kappa shape index (κ1) is 26.8. The van der Waals surface area contributed by atoms with Gasteiger partial charge in [-0.3, -0.25) is 0 Å². The van der Waals surface area contributed by atoms with Gasteiger partial charge in [0.2, 0.25) is 0 Å². The van der Waals surface area contributed by atoms with Crippen LogP contribution in [0.1, 0.15) is 90.4 Å². The molecule has 1 fully saturated rings. The molecule has 0 aromatic heterocycles. The third-order valence-electron chi connectivity index (χ3n) is 5.70. The molecular formula is C22H44O7. The minimum Gasteiger partial charge on any atom is -0.394 e. The summed E-state index contributed by atoms with van der Waals surface area (Å²) < 4.78 is 10.9. The van der Waals surface area contributed by atoms with Gasteiger partial charge in [0.15, 0.2) is 6.29 Å². The van der Waals surface area contributed by atoms with Crippen molar-refractivity contribution in [2.45, 2.75) is 127 Å². The van der Waals surface area contributed by atoms with Gasteiger partial charge in [-0.2, -0.15) is 0 Å². The predicted octanol–water partition coefficient (Wildman–Crippen LogP) is 2.25. The fourth-order valence-corrected chi connectivity index (χ4v) is 3.75. The minimum atomic E-state index is -1.49. The first-order chi connectivity index (χ1) is 14.0. The maximum atomic E-state index is 9.98. The maximum absolute atomic E-state index is 9.98. The second kappa shape index (κ2) is 16.4. The van der Waals surface area contributed by atoms with E-state index >= 15 is 0 Å². The van der Waals surface area contributed by atoms with Crippen molar-refractivity contribution in [3.8, 4) is 0 Å². The van der Waals surface area contributed by atoms with Crippen LogP contribution in [0.4, 0.5) is 0 Å². The van der Waals surface area contributed by atoms with Crippen LogP contribution in [0.15, 0.2) is 0 Å². The lowest BCUT2D eigenvalue weighted by atomic mass is 9.95. The summed E-state index contributed by atoms with van der Waals surface area (Å²) in [4.78, 5) is 0. The number of hydrogen-bond donors (Lipinski definition) is 5. The smallest absolute Gasteiger partial charge is 0.186 e. The molecule has 174 valence electrons. The fourth-order valence-electron chi connectivity index (χ4n) is 3.75. The molecule has 7 nitrogen and oxygen atoms in total. The van der Waals surface area contributed by atoms with Crippen LogP contribution in [0.3, 0.4) is 0 Å². The van der Waals surface area contributed by atoms with E-state index in [1.807, 2.05) is 0 Å². The van der Waals surface area contributed by atoms with Crippen LogP contribution in [0.5, 0.6) is 0 Å². The number of ether oxygens (including phenoxy) is 2. The molecule has 0 aliphatic carbocycles. The molecule has 0 spiro atoms. The van der Waals surface area contributed by atoms with Crippen molar-refractivity contribution >= 4 is 0 Å². The first-order valence-corrected chi connectivity index (χ1v) is 11.6. The van der Waals surface area contributed by atoms with E-state index in [-0.39, 0.29) is 0 Å². The lowest BCUT2D eigenvalue weighted by molar-refractivity contribution is -0.311. The number of aliphatic hydroxyl groups is 5. The Bertz CT molecular complexity index is 382. The molecule has 0 radical (unpaired) electrons. The lowest BCUT2D eigenvalue weighted by Crippen LogP contribution is -2.61. The predicted molar refractivity (Wildman–Crippen MR) is 111 cm³/mol. The van der Waals surface area contributed by atoms with Gasteiger partial charge in [0.1, 0.15) is 30.5 Å². The third-order valence-corrected chi connectivity index (χ3v) is 5.70. The summed E-state index contributed by atoms with van der Waals surface area (Å²) in [6.07, 6.45) is 8.20. The van der Waals surface area contributed by atoms with E-state index in [0.29, 0.717) is 6.61 Å². The standard InChI is InChI=1S/C22H44O7/c1-2-3-4-5-6-7-8-9-10-11-12-13-14-15-28-22-20(27)18(25)19(26)21(29-22)17(24)16-23/h17-27H,2-16H2,1H3/t17-,18-,19-,20+,21+,22?/m0/s1. The molecule has 0 bridgehead atoms. The molecule has 7 heteroatoms. The normalized spacial score (nSPS) is 28.6. The zero-order valence-corrected chi connectivity index (χ0v) is 18.1. The molecule has 0 aromatic carbocycles. The van der Waals surface area contributed by atoms with Crippen LogP contribution in [0.25, 0.3) is 0 Å². The summed E-state index contributed by atoms with van der Waals surface area (Å²) in [7, 11) is 0. The van der Waals surface area contributed by atoms with E-state index < -0.39 is 43.4 Å². The molecule has 6 atom stereocenters. The van der Waals surface area contributed by atoms with E-state index in [0.717, 1.165) is 19.3 Å². The van der Waals surface area contributed by atoms with Crippen LogP contribution in [-0.4, -0.2) is 75.6 Å².